The van der Waals surface area contributed by atoms with Crippen molar-refractivity contribution in [2.45, 2.75) is 43.9 Å². The fourth-order valence-corrected chi connectivity index (χ4v) is 4.08. The van der Waals surface area contributed by atoms with Crippen LogP contribution in [0.2, 0.25) is 0 Å². The summed E-state index contributed by atoms with van der Waals surface area (Å²) in [6.45, 7) is 1.28. The third-order valence-corrected chi connectivity index (χ3v) is 5.58. The van der Waals surface area contributed by atoms with Gasteiger partial charge in [-0.05, 0) is 45.8 Å². The molecule has 1 aromatic rings. The van der Waals surface area contributed by atoms with Crippen LogP contribution in [0.1, 0.15) is 42.5 Å². The van der Waals surface area contributed by atoms with Crippen molar-refractivity contribution in [3.8, 4) is 0 Å². The van der Waals surface area contributed by atoms with Crippen LogP contribution in [-0.2, 0) is 9.53 Å². The number of carbonyl (C=O) groups excluding carboxylic acids is 2. The minimum absolute atomic E-state index is 0.133. The molecule has 2 amide bonds. The van der Waals surface area contributed by atoms with Gasteiger partial charge < -0.3 is 15.0 Å². The lowest BCUT2D eigenvalue weighted by molar-refractivity contribution is -0.384. The third kappa shape index (κ3) is 4.56. The predicted octanol–water partition coefficient (Wildman–Crippen LogP) is 1.77. The van der Waals surface area contributed by atoms with Crippen molar-refractivity contribution in [2.24, 2.45) is 0 Å². The highest BCUT2D eigenvalue weighted by Crippen LogP contribution is 2.41. The van der Waals surface area contributed by atoms with Gasteiger partial charge in [0.1, 0.15) is 11.8 Å². The Labute approximate surface area is 170 Å². The fourth-order valence-electron chi connectivity index (χ4n) is 4.08. The maximum Gasteiger partial charge on any atom is 0.270 e. The number of likely N-dealkylation sites (N-methyl/N-ethyl adjacent to an activating group) is 1. The number of carbonyl (C=O) groups is 2. The average Bonchev–Trinajstić information content (AvgIpc) is 3.06. The SMILES string of the molecule is CN(C)CCNC(=O)[C@@H]1COC2(CCCCC2)N1C(=O)c1cccc([N+](=O)[O-])c1. The number of benzene rings is 1. The van der Waals surface area contributed by atoms with Crippen molar-refractivity contribution >= 4 is 17.5 Å². The number of hydrogen-bond donors (Lipinski definition) is 1. The molecular weight excluding hydrogens is 376 g/mol. The van der Waals surface area contributed by atoms with E-state index in [1.165, 1.54) is 23.1 Å². The first-order valence-corrected chi connectivity index (χ1v) is 9.98. The summed E-state index contributed by atoms with van der Waals surface area (Å²) in [4.78, 5) is 40.4. The molecule has 1 aromatic carbocycles. The Hall–Kier alpha value is -2.52. The molecule has 1 aliphatic heterocycles. The maximum atomic E-state index is 13.4. The Bertz CT molecular complexity index is 776. The molecule has 158 valence electrons. The van der Waals surface area contributed by atoms with E-state index in [0.29, 0.717) is 25.9 Å². The van der Waals surface area contributed by atoms with E-state index in [0.717, 1.165) is 19.3 Å². The highest BCUT2D eigenvalue weighted by atomic mass is 16.6. The van der Waals surface area contributed by atoms with Crippen molar-refractivity contribution in [1.82, 2.24) is 15.1 Å². The van der Waals surface area contributed by atoms with E-state index in [-0.39, 0.29) is 23.8 Å². The first-order chi connectivity index (χ1) is 13.8. The van der Waals surface area contributed by atoms with Crippen LogP contribution in [0.5, 0.6) is 0 Å². The van der Waals surface area contributed by atoms with Crippen LogP contribution in [0.15, 0.2) is 24.3 Å². The molecule has 0 radical (unpaired) electrons. The quantitative estimate of drug-likeness (QED) is 0.572. The molecule has 9 nitrogen and oxygen atoms in total. The van der Waals surface area contributed by atoms with Gasteiger partial charge in [0.05, 0.1) is 11.5 Å². The van der Waals surface area contributed by atoms with E-state index >= 15 is 0 Å². The van der Waals surface area contributed by atoms with E-state index < -0.39 is 22.6 Å². The second-order valence-electron chi connectivity index (χ2n) is 7.91. The van der Waals surface area contributed by atoms with E-state index in [4.69, 9.17) is 4.74 Å². The van der Waals surface area contributed by atoms with Gasteiger partial charge in [-0.25, -0.2) is 0 Å². The molecule has 0 aromatic heterocycles. The summed E-state index contributed by atoms with van der Waals surface area (Å²) in [5.41, 5.74) is -0.773. The molecule has 1 heterocycles. The molecule has 1 N–H and O–H groups in total. The Morgan fingerprint density at radius 3 is 2.69 bits per heavy atom. The van der Waals surface area contributed by atoms with Crippen LogP contribution >= 0.6 is 0 Å². The molecular formula is C20H28N4O5. The van der Waals surface area contributed by atoms with Crippen molar-refractivity contribution in [3.63, 3.8) is 0 Å². The van der Waals surface area contributed by atoms with Crippen LogP contribution in [0.4, 0.5) is 5.69 Å². The minimum Gasteiger partial charge on any atom is -0.353 e. The second-order valence-corrected chi connectivity index (χ2v) is 7.91. The summed E-state index contributed by atoms with van der Waals surface area (Å²) in [5, 5.41) is 14.0. The lowest BCUT2D eigenvalue weighted by atomic mass is 9.89. The van der Waals surface area contributed by atoms with Crippen LogP contribution in [0, 0.1) is 10.1 Å². The molecule has 2 fully saturated rings. The summed E-state index contributed by atoms with van der Waals surface area (Å²) in [7, 11) is 3.83. The zero-order valence-electron chi connectivity index (χ0n) is 16.9. The summed E-state index contributed by atoms with van der Waals surface area (Å²) >= 11 is 0. The number of nitro benzene ring substituents is 1. The number of amides is 2. The van der Waals surface area contributed by atoms with Crippen LogP contribution in [0.3, 0.4) is 0 Å². The highest BCUT2D eigenvalue weighted by molar-refractivity contribution is 5.99. The Morgan fingerprint density at radius 2 is 2.03 bits per heavy atom. The molecule has 2 aliphatic rings. The van der Waals surface area contributed by atoms with Gasteiger partial charge in [0, 0.05) is 30.8 Å². The number of nitrogens with one attached hydrogen (secondary N) is 1. The molecule has 3 rings (SSSR count). The Balaban J connectivity index is 1.87. The van der Waals surface area contributed by atoms with Gasteiger partial charge in [-0.1, -0.05) is 12.5 Å². The van der Waals surface area contributed by atoms with E-state index in [2.05, 4.69) is 5.32 Å². The topological polar surface area (TPSA) is 105 Å². The number of rotatable bonds is 6. The lowest BCUT2D eigenvalue weighted by Crippen LogP contribution is -2.56. The number of nitro groups is 1. The molecule has 1 saturated heterocycles. The van der Waals surface area contributed by atoms with Gasteiger partial charge in [0.25, 0.3) is 11.6 Å². The van der Waals surface area contributed by atoms with Gasteiger partial charge in [-0.3, -0.25) is 24.6 Å². The Morgan fingerprint density at radius 1 is 1.31 bits per heavy atom. The van der Waals surface area contributed by atoms with Crippen LogP contribution in [0.25, 0.3) is 0 Å². The van der Waals surface area contributed by atoms with Gasteiger partial charge in [-0.15, -0.1) is 0 Å². The number of ether oxygens (including phenoxy) is 1. The number of non-ortho nitro benzene ring substituents is 1. The van der Waals surface area contributed by atoms with Crippen molar-refractivity contribution in [1.29, 1.82) is 0 Å². The third-order valence-electron chi connectivity index (χ3n) is 5.58. The first kappa shape index (κ1) is 21.2. The Kier molecular flexibility index (Phi) is 6.49. The first-order valence-electron chi connectivity index (χ1n) is 9.98. The predicted molar refractivity (Wildman–Crippen MR) is 106 cm³/mol. The smallest absolute Gasteiger partial charge is 0.270 e. The summed E-state index contributed by atoms with van der Waals surface area (Å²) in [5.74, 6) is -0.658. The number of nitrogens with zero attached hydrogens (tertiary/aromatic N) is 3. The van der Waals surface area contributed by atoms with E-state index in [1.54, 1.807) is 6.07 Å². The molecule has 9 heteroatoms. The van der Waals surface area contributed by atoms with Gasteiger partial charge >= 0.3 is 0 Å². The highest BCUT2D eigenvalue weighted by Gasteiger charge is 2.53. The van der Waals surface area contributed by atoms with Crippen LogP contribution < -0.4 is 5.32 Å². The van der Waals surface area contributed by atoms with Gasteiger partial charge in [0.2, 0.25) is 5.91 Å². The zero-order chi connectivity index (χ0) is 21.0. The van der Waals surface area contributed by atoms with Crippen molar-refractivity contribution in [2.75, 3.05) is 33.8 Å². The summed E-state index contributed by atoms with van der Waals surface area (Å²) in [6, 6.07) is 4.90. The molecule has 1 atom stereocenters. The standard InChI is InChI=1S/C20H28N4O5/c1-22(2)12-11-21-18(25)17-14-29-20(9-4-3-5-10-20)23(17)19(26)15-7-6-8-16(13-15)24(27)28/h6-8,13,17H,3-5,9-12,14H2,1-2H3,(H,21,25)/t17-/m0/s1. The van der Waals surface area contributed by atoms with Crippen LogP contribution in [-0.4, -0.2) is 72.1 Å². The molecule has 0 bridgehead atoms. The van der Waals surface area contributed by atoms with Crippen molar-refractivity contribution in [3.05, 3.63) is 39.9 Å². The molecule has 29 heavy (non-hydrogen) atoms. The van der Waals surface area contributed by atoms with E-state index in [1.807, 2.05) is 19.0 Å². The molecule has 0 unspecified atom stereocenters. The van der Waals surface area contributed by atoms with Crippen molar-refractivity contribution < 1.29 is 19.2 Å². The molecule has 1 aliphatic carbocycles. The fraction of sp³-hybridized carbons (Fsp3) is 0.600. The molecule has 1 spiro atoms. The monoisotopic (exact) mass is 404 g/mol. The maximum absolute atomic E-state index is 13.4. The lowest BCUT2D eigenvalue weighted by Gasteiger charge is -2.41. The van der Waals surface area contributed by atoms with Gasteiger partial charge in [0.15, 0.2) is 0 Å². The number of hydrogen-bond acceptors (Lipinski definition) is 6. The normalized spacial score (nSPS) is 20.8. The minimum atomic E-state index is -0.816. The second kappa shape index (κ2) is 8.87. The molecule has 1 saturated carbocycles. The summed E-state index contributed by atoms with van der Waals surface area (Å²) in [6.07, 6.45) is 4.20. The zero-order valence-corrected chi connectivity index (χ0v) is 16.9. The average molecular weight is 404 g/mol. The van der Waals surface area contributed by atoms with Gasteiger partial charge in [-0.2, -0.15) is 0 Å². The van der Waals surface area contributed by atoms with E-state index in [9.17, 15) is 19.7 Å². The summed E-state index contributed by atoms with van der Waals surface area (Å²) < 4.78 is 6.08. The largest absolute Gasteiger partial charge is 0.353 e.